The number of anilines is 1. The molecule has 0 aliphatic heterocycles. The largest absolute Gasteiger partial charge is 0.497 e. The summed E-state index contributed by atoms with van der Waals surface area (Å²) in [5.41, 5.74) is 2.46. The molecule has 2 N–H and O–H groups in total. The van der Waals surface area contributed by atoms with Crippen molar-refractivity contribution < 1.29 is 23.5 Å². The van der Waals surface area contributed by atoms with Crippen molar-refractivity contribution in [3.8, 4) is 5.75 Å². The minimum Gasteiger partial charge on any atom is -0.497 e. The monoisotopic (exact) mass is 600 g/mol. The second-order valence-corrected chi connectivity index (χ2v) is 11.5. The van der Waals surface area contributed by atoms with Crippen LogP contribution in [0.15, 0.2) is 75.9 Å². The van der Waals surface area contributed by atoms with E-state index < -0.39 is 23.4 Å². The molecule has 10 nitrogen and oxygen atoms in total. The van der Waals surface area contributed by atoms with Crippen molar-refractivity contribution >= 4 is 28.9 Å². The zero-order valence-corrected chi connectivity index (χ0v) is 26.1. The van der Waals surface area contributed by atoms with Crippen LogP contribution in [0.25, 0.3) is 10.9 Å². The number of rotatable bonds is 11. The molecule has 0 aliphatic rings. The quantitative estimate of drug-likeness (QED) is 0.228. The number of likely N-dealkylation sites (N-methyl/N-ethyl adjacent to an activating group) is 1. The Hall–Kier alpha value is -4.86. The van der Waals surface area contributed by atoms with E-state index >= 15 is 0 Å². The summed E-state index contributed by atoms with van der Waals surface area (Å²) >= 11 is 0. The van der Waals surface area contributed by atoms with Gasteiger partial charge in [-0.3, -0.25) is 4.79 Å². The third kappa shape index (κ3) is 8.37. The lowest BCUT2D eigenvalue weighted by Gasteiger charge is -2.27. The third-order valence-electron chi connectivity index (χ3n) is 7.10. The fourth-order valence-electron chi connectivity index (χ4n) is 4.81. The summed E-state index contributed by atoms with van der Waals surface area (Å²) in [6.45, 7) is 10.2. The van der Waals surface area contributed by atoms with Crippen molar-refractivity contribution in [1.29, 1.82) is 0 Å². The molecule has 10 heteroatoms. The molecule has 4 aromatic rings. The van der Waals surface area contributed by atoms with Crippen LogP contribution in [0, 0.1) is 6.92 Å². The molecule has 232 valence electrons. The number of aromatic nitrogens is 1. The van der Waals surface area contributed by atoms with Crippen molar-refractivity contribution in [3.63, 3.8) is 0 Å². The summed E-state index contributed by atoms with van der Waals surface area (Å²) in [5, 5.41) is 6.13. The fourth-order valence-corrected chi connectivity index (χ4v) is 4.81. The fraction of sp³-hybridized carbons (Fsp3) is 0.353. The highest BCUT2D eigenvalue weighted by molar-refractivity contribution is 5.86. The molecule has 0 radical (unpaired) electrons. The molecule has 44 heavy (non-hydrogen) atoms. The number of carbonyl (C=O) groups is 2. The van der Waals surface area contributed by atoms with Crippen molar-refractivity contribution in [3.05, 3.63) is 99.4 Å². The average Bonchev–Trinajstić information content (AvgIpc) is 2.98. The number of carbonyl (C=O) groups excluding carboxylic acids is 2. The lowest BCUT2D eigenvalue weighted by molar-refractivity contribution is -0.132. The predicted molar refractivity (Wildman–Crippen MR) is 170 cm³/mol. The highest BCUT2D eigenvalue weighted by atomic mass is 16.6. The van der Waals surface area contributed by atoms with Crippen LogP contribution >= 0.6 is 0 Å². The number of ether oxygens (including phenoxy) is 2. The first kappa shape index (κ1) is 32.1. The average molecular weight is 601 g/mol. The molecular weight excluding hydrogens is 560 g/mol. The Kier molecular flexibility index (Phi) is 10.3. The zero-order valence-electron chi connectivity index (χ0n) is 26.1. The molecule has 0 saturated carbocycles. The minimum absolute atomic E-state index is 0.0517. The Balaban J connectivity index is 1.61. The second kappa shape index (κ2) is 14.1. The van der Waals surface area contributed by atoms with Crippen LogP contribution in [-0.4, -0.2) is 47.2 Å². The Bertz CT molecular complexity index is 1650. The van der Waals surface area contributed by atoms with E-state index in [0.29, 0.717) is 41.7 Å². The van der Waals surface area contributed by atoms with E-state index in [4.69, 9.17) is 13.9 Å². The molecule has 1 heterocycles. The normalized spacial score (nSPS) is 12.0. The molecule has 3 aromatic carbocycles. The first-order valence-electron chi connectivity index (χ1n) is 14.6. The van der Waals surface area contributed by atoms with Gasteiger partial charge in [-0.25, -0.2) is 9.59 Å². The molecule has 2 amide bonds. The maximum atomic E-state index is 13.9. The van der Waals surface area contributed by atoms with Crippen molar-refractivity contribution in [2.45, 2.75) is 65.8 Å². The van der Waals surface area contributed by atoms with Gasteiger partial charge >= 0.3 is 11.7 Å². The van der Waals surface area contributed by atoms with Gasteiger partial charge in [0.05, 0.1) is 18.0 Å². The lowest BCUT2D eigenvalue weighted by Crippen LogP contribution is -2.44. The van der Waals surface area contributed by atoms with Gasteiger partial charge in [-0.15, -0.1) is 0 Å². The Morgan fingerprint density at radius 2 is 1.70 bits per heavy atom. The molecule has 1 unspecified atom stereocenters. The number of hydrogen-bond donors (Lipinski definition) is 2. The van der Waals surface area contributed by atoms with E-state index in [1.54, 1.807) is 51.8 Å². The second-order valence-electron chi connectivity index (χ2n) is 11.5. The van der Waals surface area contributed by atoms with Gasteiger partial charge in [-0.05, 0) is 75.1 Å². The molecule has 0 saturated heterocycles. The van der Waals surface area contributed by atoms with E-state index in [1.165, 1.54) is 0 Å². The molecule has 0 bridgehead atoms. The molecule has 0 fully saturated rings. The number of benzene rings is 3. The maximum absolute atomic E-state index is 13.9. The van der Waals surface area contributed by atoms with Crippen LogP contribution < -0.4 is 21.0 Å². The van der Waals surface area contributed by atoms with Crippen LogP contribution in [0.1, 0.15) is 49.9 Å². The zero-order chi connectivity index (χ0) is 31.9. The van der Waals surface area contributed by atoms with Crippen LogP contribution in [0.2, 0.25) is 0 Å². The molecule has 1 atom stereocenters. The third-order valence-corrected chi connectivity index (χ3v) is 7.10. The first-order valence-corrected chi connectivity index (χ1v) is 14.6. The summed E-state index contributed by atoms with van der Waals surface area (Å²) in [4.78, 5) is 45.6. The summed E-state index contributed by atoms with van der Waals surface area (Å²) < 4.78 is 16.2. The Morgan fingerprint density at radius 1 is 1.00 bits per heavy atom. The Morgan fingerprint density at radius 3 is 2.34 bits per heavy atom. The highest BCUT2D eigenvalue weighted by Gasteiger charge is 2.26. The van der Waals surface area contributed by atoms with Crippen LogP contribution in [0.4, 0.5) is 10.8 Å². The maximum Gasteiger partial charge on any atom is 0.407 e. The molecule has 1 aromatic heterocycles. The van der Waals surface area contributed by atoms with E-state index in [0.717, 1.165) is 16.7 Å². The summed E-state index contributed by atoms with van der Waals surface area (Å²) in [5.74, 6) is 0.554. The molecular formula is C34H40N4O6. The summed E-state index contributed by atoms with van der Waals surface area (Å²) in [7, 11) is 1.60. The van der Waals surface area contributed by atoms with Gasteiger partial charge in [-0.1, -0.05) is 48.5 Å². The summed E-state index contributed by atoms with van der Waals surface area (Å²) in [6, 6.07) is 19.9. The number of fused-ring (bicyclic) bond motifs is 1. The lowest BCUT2D eigenvalue weighted by atomic mass is 10.0. The van der Waals surface area contributed by atoms with Crippen molar-refractivity contribution in [2.75, 3.05) is 19.0 Å². The van der Waals surface area contributed by atoms with Gasteiger partial charge < -0.3 is 29.4 Å². The number of methoxy groups -OCH3 is 1. The van der Waals surface area contributed by atoms with Gasteiger partial charge in [0.1, 0.15) is 17.4 Å². The van der Waals surface area contributed by atoms with E-state index in [-0.39, 0.29) is 18.5 Å². The van der Waals surface area contributed by atoms with Crippen molar-refractivity contribution in [2.24, 2.45) is 0 Å². The topological polar surface area (TPSA) is 123 Å². The van der Waals surface area contributed by atoms with Gasteiger partial charge in [0, 0.05) is 26.1 Å². The molecule has 0 aliphatic carbocycles. The SMILES string of the molecule is CCN(Cc1ccccc1)C(=O)C(Cc1ccc(OC)cc1)Nc1nc2ccc(CNC(=O)OC(C)(C)C)c(C)c2c(=O)o1. The van der Waals surface area contributed by atoms with Gasteiger partial charge in [0.15, 0.2) is 0 Å². The smallest absolute Gasteiger partial charge is 0.407 e. The number of hydrogen-bond acceptors (Lipinski definition) is 8. The molecule has 4 rings (SSSR count). The number of nitrogens with one attached hydrogen (secondary N) is 2. The van der Waals surface area contributed by atoms with Gasteiger partial charge in [0.25, 0.3) is 6.01 Å². The van der Waals surface area contributed by atoms with Crippen LogP contribution in [0.3, 0.4) is 0 Å². The van der Waals surface area contributed by atoms with E-state index in [9.17, 15) is 14.4 Å². The van der Waals surface area contributed by atoms with Gasteiger partial charge in [-0.2, -0.15) is 4.98 Å². The number of aryl methyl sites for hydroxylation is 1. The number of nitrogens with zero attached hydrogens (tertiary/aromatic N) is 2. The van der Waals surface area contributed by atoms with E-state index in [1.807, 2.05) is 61.5 Å². The Labute approximate surface area is 257 Å². The number of alkyl carbamates (subject to hydrolysis) is 1. The number of amides is 2. The van der Waals surface area contributed by atoms with Crippen molar-refractivity contribution in [1.82, 2.24) is 15.2 Å². The first-order chi connectivity index (χ1) is 21.0. The van der Waals surface area contributed by atoms with E-state index in [2.05, 4.69) is 15.6 Å². The standard InChI is InChI=1S/C34H40N4O6/c1-7-38(21-24-11-9-8-10-12-24)30(39)28(19-23-13-16-26(42-6)17-14-23)37-32-36-27-18-15-25(22(2)29(27)31(40)43-32)20-35-33(41)44-34(3,4)5/h8-18,28H,7,19-21H2,1-6H3,(H,35,41)(H,36,37). The van der Waals surface area contributed by atoms with Gasteiger partial charge in [0.2, 0.25) is 5.91 Å². The highest BCUT2D eigenvalue weighted by Crippen LogP contribution is 2.21. The minimum atomic E-state index is -0.765. The molecule has 0 spiro atoms. The van der Waals surface area contributed by atoms with Crippen LogP contribution in [-0.2, 0) is 29.0 Å². The predicted octanol–water partition coefficient (Wildman–Crippen LogP) is 5.60. The van der Waals surface area contributed by atoms with Crippen LogP contribution in [0.5, 0.6) is 5.75 Å². The summed E-state index contributed by atoms with van der Waals surface area (Å²) in [6.07, 6.45) is -0.228.